The van der Waals surface area contributed by atoms with Gasteiger partial charge in [0.1, 0.15) is 11.2 Å². The molecule has 2 aromatic heterocycles. The third-order valence-electron chi connectivity index (χ3n) is 5.12. The Labute approximate surface area is 224 Å². The lowest BCUT2D eigenvalue weighted by atomic mass is 10.1. The van der Waals surface area contributed by atoms with Crippen LogP contribution in [0.4, 0.5) is 11.5 Å². The molecule has 0 aliphatic carbocycles. The molecule has 5 rings (SSSR count). The Kier molecular flexibility index (Phi) is 7.15. The molecule has 178 valence electrons. The minimum atomic E-state index is -0.374. The predicted molar refractivity (Wildman–Crippen MR) is 148 cm³/mol. The van der Waals surface area contributed by atoms with E-state index < -0.39 is 0 Å². The fourth-order valence-corrected chi connectivity index (χ4v) is 6.44. The van der Waals surface area contributed by atoms with Crippen LogP contribution in [0, 0.1) is 10.1 Å². The number of thiophene rings is 1. The van der Waals surface area contributed by atoms with Gasteiger partial charge in [-0.1, -0.05) is 83.5 Å². The molecule has 0 atom stereocenters. The van der Waals surface area contributed by atoms with Gasteiger partial charge in [0.2, 0.25) is 0 Å². The molecule has 0 spiro atoms. The highest BCUT2D eigenvalue weighted by Crippen LogP contribution is 2.49. The molecular formula is C25H15Cl2N5O2S2. The fourth-order valence-electron chi connectivity index (χ4n) is 3.50. The van der Waals surface area contributed by atoms with Gasteiger partial charge in [-0.15, -0.1) is 11.3 Å². The summed E-state index contributed by atoms with van der Waals surface area (Å²) in [5.74, 6) is 0.505. The summed E-state index contributed by atoms with van der Waals surface area (Å²) < 4.78 is 0.860. The third kappa shape index (κ3) is 5.05. The average molecular weight is 552 g/mol. The summed E-state index contributed by atoms with van der Waals surface area (Å²) in [7, 11) is 0. The Balaban J connectivity index is 1.60. The number of anilines is 1. The number of para-hydroxylation sites is 1. The first-order chi connectivity index (χ1) is 17.5. The smallest absolute Gasteiger partial charge is 0.261 e. The third-order valence-corrected chi connectivity index (χ3v) is 8.03. The average Bonchev–Trinajstić information content (AvgIpc) is 3.25. The topological polar surface area (TPSA) is 93.3 Å². The number of hydrogen-bond acceptors (Lipinski definition) is 8. The van der Waals surface area contributed by atoms with Crippen molar-refractivity contribution in [2.75, 3.05) is 5.43 Å². The molecule has 2 heterocycles. The van der Waals surface area contributed by atoms with E-state index in [1.165, 1.54) is 35.5 Å². The highest BCUT2D eigenvalue weighted by atomic mass is 35.5. The quantitative estimate of drug-likeness (QED) is 0.124. The number of halogens is 2. The van der Waals surface area contributed by atoms with Crippen molar-refractivity contribution in [2.45, 2.75) is 9.10 Å². The van der Waals surface area contributed by atoms with Crippen molar-refractivity contribution in [1.82, 2.24) is 9.97 Å². The van der Waals surface area contributed by atoms with Crippen molar-refractivity contribution in [3.63, 3.8) is 0 Å². The highest BCUT2D eigenvalue weighted by Gasteiger charge is 2.22. The van der Waals surface area contributed by atoms with E-state index in [0.717, 1.165) is 25.6 Å². The van der Waals surface area contributed by atoms with E-state index >= 15 is 0 Å². The summed E-state index contributed by atoms with van der Waals surface area (Å²) in [5.41, 5.74) is 5.57. The lowest BCUT2D eigenvalue weighted by molar-refractivity contribution is -0.387. The van der Waals surface area contributed by atoms with E-state index in [0.29, 0.717) is 26.3 Å². The van der Waals surface area contributed by atoms with Gasteiger partial charge in [0, 0.05) is 22.2 Å². The number of benzene rings is 3. The zero-order chi connectivity index (χ0) is 25.1. The van der Waals surface area contributed by atoms with Gasteiger partial charge in [0.15, 0.2) is 5.82 Å². The van der Waals surface area contributed by atoms with Crippen LogP contribution in [0.25, 0.3) is 21.3 Å². The standard InChI is InChI=1S/C25H15Cl2N5O2S2/c26-17-11-10-16(18(27)12-17)13-30-31-23-22-21(15-6-2-1-3-7-15)25(36-24(22)29-14-28-23)35-20-9-5-4-8-19(20)32(33)34/h1-14H,(H,28,29,31). The molecular weight excluding hydrogens is 537 g/mol. The zero-order valence-corrected chi connectivity index (χ0v) is 21.4. The molecule has 5 aromatic rings. The number of hydrazone groups is 1. The largest absolute Gasteiger partial charge is 0.283 e. The number of nitro benzene ring substituents is 1. The summed E-state index contributed by atoms with van der Waals surface area (Å²) in [6.07, 6.45) is 3.05. The second-order valence-corrected chi connectivity index (χ2v) is 10.5. The molecule has 0 fully saturated rings. The van der Waals surface area contributed by atoms with Crippen LogP contribution in [-0.2, 0) is 0 Å². The fraction of sp³-hybridized carbons (Fsp3) is 0. The highest BCUT2D eigenvalue weighted by molar-refractivity contribution is 8.01. The normalized spacial score (nSPS) is 11.3. The van der Waals surface area contributed by atoms with Crippen LogP contribution in [0.1, 0.15) is 5.56 Å². The van der Waals surface area contributed by atoms with Gasteiger partial charge in [-0.25, -0.2) is 9.97 Å². The zero-order valence-electron chi connectivity index (χ0n) is 18.3. The van der Waals surface area contributed by atoms with Crippen LogP contribution in [0.2, 0.25) is 10.0 Å². The molecule has 0 unspecified atom stereocenters. The molecule has 0 saturated carbocycles. The van der Waals surface area contributed by atoms with Gasteiger partial charge < -0.3 is 0 Å². The Hall–Kier alpha value is -3.50. The number of hydrogen-bond donors (Lipinski definition) is 1. The Bertz CT molecular complexity index is 1610. The second kappa shape index (κ2) is 10.6. The van der Waals surface area contributed by atoms with Crippen molar-refractivity contribution >= 4 is 74.2 Å². The summed E-state index contributed by atoms with van der Waals surface area (Å²) in [5, 5.41) is 17.7. The number of fused-ring (bicyclic) bond motifs is 1. The Morgan fingerprint density at radius 3 is 2.58 bits per heavy atom. The lowest BCUT2D eigenvalue weighted by Crippen LogP contribution is -1.96. The van der Waals surface area contributed by atoms with E-state index in [1.54, 1.807) is 42.6 Å². The molecule has 36 heavy (non-hydrogen) atoms. The molecule has 0 bridgehead atoms. The van der Waals surface area contributed by atoms with Gasteiger partial charge >= 0.3 is 0 Å². The molecule has 3 aromatic carbocycles. The van der Waals surface area contributed by atoms with E-state index in [1.807, 2.05) is 30.3 Å². The number of nitrogens with zero attached hydrogens (tertiary/aromatic N) is 4. The van der Waals surface area contributed by atoms with Crippen LogP contribution in [0.3, 0.4) is 0 Å². The SMILES string of the molecule is O=[N+]([O-])c1ccccc1Sc1sc2ncnc(NN=Cc3ccc(Cl)cc3Cl)c2c1-c1ccccc1. The van der Waals surface area contributed by atoms with Crippen molar-refractivity contribution in [3.8, 4) is 11.1 Å². The van der Waals surface area contributed by atoms with Gasteiger partial charge in [-0.3, -0.25) is 15.5 Å². The number of aromatic nitrogens is 2. The molecule has 7 nitrogen and oxygen atoms in total. The molecule has 11 heteroatoms. The molecule has 0 aliphatic rings. The first-order valence-corrected chi connectivity index (χ1v) is 12.9. The number of nitro groups is 1. The number of nitrogens with one attached hydrogen (secondary N) is 1. The van der Waals surface area contributed by atoms with Crippen molar-refractivity contribution in [2.24, 2.45) is 5.10 Å². The Morgan fingerprint density at radius 1 is 1.03 bits per heavy atom. The maximum Gasteiger partial charge on any atom is 0.283 e. The van der Waals surface area contributed by atoms with Crippen molar-refractivity contribution in [3.05, 3.63) is 105 Å². The number of rotatable bonds is 7. The first kappa shape index (κ1) is 24.2. The van der Waals surface area contributed by atoms with Gasteiger partial charge in [0.05, 0.1) is 30.7 Å². The van der Waals surface area contributed by atoms with Crippen LogP contribution < -0.4 is 5.43 Å². The minimum absolute atomic E-state index is 0.0489. The summed E-state index contributed by atoms with van der Waals surface area (Å²) in [6, 6.07) is 21.6. The monoisotopic (exact) mass is 551 g/mol. The molecule has 0 saturated heterocycles. The van der Waals surface area contributed by atoms with Crippen LogP contribution in [0.15, 0.2) is 93.3 Å². The van der Waals surface area contributed by atoms with Crippen LogP contribution >= 0.6 is 46.3 Å². The second-order valence-electron chi connectivity index (χ2n) is 7.40. The van der Waals surface area contributed by atoms with Gasteiger partial charge in [-0.2, -0.15) is 5.10 Å². The minimum Gasteiger partial charge on any atom is -0.261 e. The summed E-state index contributed by atoms with van der Waals surface area (Å²) in [4.78, 5) is 21.4. The lowest BCUT2D eigenvalue weighted by Gasteiger charge is -2.08. The van der Waals surface area contributed by atoms with E-state index in [2.05, 4.69) is 20.5 Å². The summed E-state index contributed by atoms with van der Waals surface area (Å²) in [6.45, 7) is 0. The van der Waals surface area contributed by atoms with Crippen molar-refractivity contribution in [1.29, 1.82) is 0 Å². The molecule has 0 amide bonds. The first-order valence-electron chi connectivity index (χ1n) is 10.5. The van der Waals surface area contributed by atoms with E-state index in [9.17, 15) is 10.1 Å². The maximum atomic E-state index is 11.6. The van der Waals surface area contributed by atoms with E-state index in [-0.39, 0.29) is 10.6 Å². The Morgan fingerprint density at radius 2 is 1.81 bits per heavy atom. The molecule has 0 aliphatic heterocycles. The maximum absolute atomic E-state index is 11.6. The molecule has 1 N–H and O–H groups in total. The molecule has 0 radical (unpaired) electrons. The predicted octanol–water partition coefficient (Wildman–Crippen LogP) is 8.17. The van der Waals surface area contributed by atoms with E-state index in [4.69, 9.17) is 23.2 Å². The van der Waals surface area contributed by atoms with Gasteiger partial charge in [0.25, 0.3) is 5.69 Å². The van der Waals surface area contributed by atoms with Crippen LogP contribution in [-0.4, -0.2) is 21.1 Å². The van der Waals surface area contributed by atoms with Crippen LogP contribution in [0.5, 0.6) is 0 Å². The van der Waals surface area contributed by atoms with Crippen molar-refractivity contribution < 1.29 is 4.92 Å². The van der Waals surface area contributed by atoms with Gasteiger partial charge in [-0.05, 0) is 23.8 Å². The summed E-state index contributed by atoms with van der Waals surface area (Å²) >= 11 is 15.0.